The summed E-state index contributed by atoms with van der Waals surface area (Å²) in [4.78, 5) is 0. The second-order valence-corrected chi connectivity index (χ2v) is 5.33. The van der Waals surface area contributed by atoms with Crippen molar-refractivity contribution < 1.29 is 9.84 Å². The van der Waals surface area contributed by atoms with E-state index in [1.165, 1.54) is 36.0 Å². The maximum atomic E-state index is 9.08. The summed E-state index contributed by atoms with van der Waals surface area (Å²) in [7, 11) is 0. The Kier molecular flexibility index (Phi) is 4.03. The van der Waals surface area contributed by atoms with Crippen LogP contribution in [-0.2, 0) is 25.9 Å². The molecule has 20 heavy (non-hydrogen) atoms. The van der Waals surface area contributed by atoms with E-state index in [4.69, 9.17) is 9.84 Å². The smallest absolute Gasteiger partial charge is 0.123 e. The highest BCUT2D eigenvalue weighted by Gasteiger charge is 2.11. The van der Waals surface area contributed by atoms with Crippen molar-refractivity contribution in [1.82, 2.24) is 0 Å². The van der Waals surface area contributed by atoms with Crippen LogP contribution in [0.25, 0.3) is 0 Å². The van der Waals surface area contributed by atoms with Gasteiger partial charge in [0.25, 0.3) is 0 Å². The van der Waals surface area contributed by atoms with E-state index in [9.17, 15) is 0 Å². The molecular formula is C18H20O2. The maximum absolute atomic E-state index is 9.08. The van der Waals surface area contributed by atoms with E-state index in [-0.39, 0.29) is 6.61 Å². The predicted molar refractivity (Wildman–Crippen MR) is 80.0 cm³/mol. The molecule has 2 aromatic rings. The molecule has 2 aromatic carbocycles. The lowest BCUT2D eigenvalue weighted by Crippen LogP contribution is -2.00. The van der Waals surface area contributed by atoms with Gasteiger partial charge in [-0.3, -0.25) is 0 Å². The second kappa shape index (κ2) is 6.10. The Balaban J connectivity index is 1.70. The lowest BCUT2D eigenvalue weighted by Gasteiger charge is -2.11. The van der Waals surface area contributed by atoms with Crippen molar-refractivity contribution in [1.29, 1.82) is 0 Å². The van der Waals surface area contributed by atoms with Gasteiger partial charge in [-0.2, -0.15) is 0 Å². The zero-order valence-corrected chi connectivity index (χ0v) is 11.6. The van der Waals surface area contributed by atoms with Gasteiger partial charge < -0.3 is 9.84 Å². The number of fused-ring (bicyclic) bond motifs is 1. The highest BCUT2D eigenvalue weighted by molar-refractivity contribution is 5.36. The molecular weight excluding hydrogens is 248 g/mol. The number of aliphatic hydroxyl groups excluding tert-OH is 1. The van der Waals surface area contributed by atoms with Crippen molar-refractivity contribution in [2.24, 2.45) is 0 Å². The van der Waals surface area contributed by atoms with Gasteiger partial charge in [0, 0.05) is 6.61 Å². The fourth-order valence-electron chi connectivity index (χ4n) is 2.85. The molecule has 1 aliphatic rings. The topological polar surface area (TPSA) is 29.5 Å². The number of hydrogen-bond acceptors (Lipinski definition) is 2. The summed E-state index contributed by atoms with van der Waals surface area (Å²) in [5, 5.41) is 9.08. The first-order valence-corrected chi connectivity index (χ1v) is 7.29. The number of ether oxygens (including phenoxy) is 1. The molecule has 0 aromatic heterocycles. The Bertz CT molecular complexity index is 590. The molecule has 0 aliphatic heterocycles. The van der Waals surface area contributed by atoms with Crippen molar-refractivity contribution in [2.75, 3.05) is 6.61 Å². The van der Waals surface area contributed by atoms with E-state index in [1.807, 2.05) is 24.3 Å². The molecule has 0 fully saturated rings. The lowest BCUT2D eigenvalue weighted by molar-refractivity contribution is 0.284. The minimum atomic E-state index is 0.152. The van der Waals surface area contributed by atoms with Crippen LogP contribution in [0.2, 0.25) is 0 Å². The highest BCUT2D eigenvalue weighted by Crippen LogP contribution is 2.24. The molecule has 0 heterocycles. The minimum absolute atomic E-state index is 0.152. The van der Waals surface area contributed by atoms with E-state index in [0.29, 0.717) is 13.0 Å². The van der Waals surface area contributed by atoms with Crippen LogP contribution in [0, 0.1) is 0 Å². The van der Waals surface area contributed by atoms with Crippen LogP contribution in [0.1, 0.15) is 28.7 Å². The summed E-state index contributed by atoms with van der Waals surface area (Å²) in [5.74, 6) is 0.877. The number of rotatable bonds is 5. The van der Waals surface area contributed by atoms with Gasteiger partial charge in [-0.1, -0.05) is 36.4 Å². The van der Waals surface area contributed by atoms with Gasteiger partial charge in [0.15, 0.2) is 0 Å². The monoisotopic (exact) mass is 268 g/mol. The molecule has 3 rings (SSSR count). The molecule has 0 radical (unpaired) electrons. The summed E-state index contributed by atoms with van der Waals surface area (Å²) < 4.78 is 5.92. The Hall–Kier alpha value is -1.80. The summed E-state index contributed by atoms with van der Waals surface area (Å²) in [6, 6.07) is 14.6. The predicted octanol–water partition coefficient (Wildman–Crippen LogP) is 3.29. The number of benzene rings is 2. The average molecular weight is 268 g/mol. The van der Waals surface area contributed by atoms with Gasteiger partial charge in [-0.05, 0) is 54.0 Å². The van der Waals surface area contributed by atoms with E-state index in [1.54, 1.807) is 0 Å². The molecule has 2 nitrogen and oxygen atoms in total. The summed E-state index contributed by atoms with van der Waals surface area (Å²) >= 11 is 0. The molecule has 0 amide bonds. The SMILES string of the molecule is OCCc1ccccc1OCc1ccc2c(c1)CCC2. The van der Waals surface area contributed by atoms with Gasteiger partial charge in [-0.15, -0.1) is 0 Å². The van der Waals surface area contributed by atoms with Crippen molar-refractivity contribution in [3.63, 3.8) is 0 Å². The first-order valence-electron chi connectivity index (χ1n) is 7.29. The third-order valence-electron chi connectivity index (χ3n) is 3.91. The highest BCUT2D eigenvalue weighted by atomic mass is 16.5. The van der Waals surface area contributed by atoms with Crippen LogP contribution >= 0.6 is 0 Å². The maximum Gasteiger partial charge on any atom is 0.123 e. The molecule has 104 valence electrons. The van der Waals surface area contributed by atoms with Gasteiger partial charge in [0.05, 0.1) is 0 Å². The van der Waals surface area contributed by atoms with Gasteiger partial charge in [-0.25, -0.2) is 0 Å². The van der Waals surface area contributed by atoms with E-state index in [0.717, 1.165) is 11.3 Å². The largest absolute Gasteiger partial charge is 0.489 e. The fraction of sp³-hybridized carbons (Fsp3) is 0.333. The molecule has 0 unspecified atom stereocenters. The van der Waals surface area contributed by atoms with Gasteiger partial charge >= 0.3 is 0 Å². The zero-order valence-electron chi connectivity index (χ0n) is 11.6. The zero-order chi connectivity index (χ0) is 13.8. The number of aryl methyl sites for hydroxylation is 2. The molecule has 0 saturated carbocycles. The van der Waals surface area contributed by atoms with Crippen LogP contribution in [0.4, 0.5) is 0 Å². The Morgan fingerprint density at radius 3 is 2.75 bits per heavy atom. The van der Waals surface area contributed by atoms with Crippen molar-refractivity contribution in [3.8, 4) is 5.75 Å². The quantitative estimate of drug-likeness (QED) is 0.901. The van der Waals surface area contributed by atoms with Crippen LogP contribution in [-0.4, -0.2) is 11.7 Å². The Morgan fingerprint density at radius 1 is 1.00 bits per heavy atom. The first kappa shape index (κ1) is 13.2. The van der Waals surface area contributed by atoms with Crippen LogP contribution < -0.4 is 4.74 Å². The summed E-state index contributed by atoms with van der Waals surface area (Å²) in [5.41, 5.74) is 5.27. The molecule has 2 heteroatoms. The van der Waals surface area contributed by atoms with Crippen LogP contribution in [0.5, 0.6) is 5.75 Å². The normalized spacial score (nSPS) is 13.2. The molecule has 1 aliphatic carbocycles. The third-order valence-corrected chi connectivity index (χ3v) is 3.91. The van der Waals surface area contributed by atoms with Crippen molar-refractivity contribution in [2.45, 2.75) is 32.3 Å². The minimum Gasteiger partial charge on any atom is -0.489 e. The van der Waals surface area contributed by atoms with Crippen LogP contribution in [0.3, 0.4) is 0 Å². The molecule has 0 spiro atoms. The molecule has 1 N–H and O–H groups in total. The standard InChI is InChI=1S/C18H20O2/c19-11-10-16-4-1-2-7-18(16)20-13-14-8-9-15-5-3-6-17(15)12-14/h1-2,4,7-9,12,19H,3,5-6,10-11,13H2. The van der Waals surface area contributed by atoms with E-state index < -0.39 is 0 Å². The van der Waals surface area contributed by atoms with E-state index >= 15 is 0 Å². The van der Waals surface area contributed by atoms with Gasteiger partial charge in [0.1, 0.15) is 12.4 Å². The Morgan fingerprint density at radius 2 is 1.85 bits per heavy atom. The molecule has 0 bridgehead atoms. The summed E-state index contributed by atoms with van der Waals surface area (Å²) in [6.45, 7) is 0.745. The number of hydrogen-bond donors (Lipinski definition) is 1. The number of aliphatic hydroxyl groups is 1. The first-order chi connectivity index (χ1) is 9.86. The van der Waals surface area contributed by atoms with Crippen molar-refractivity contribution >= 4 is 0 Å². The fourth-order valence-corrected chi connectivity index (χ4v) is 2.85. The molecule has 0 saturated heterocycles. The second-order valence-electron chi connectivity index (χ2n) is 5.33. The lowest BCUT2D eigenvalue weighted by atomic mass is 10.1. The van der Waals surface area contributed by atoms with Crippen LogP contribution in [0.15, 0.2) is 42.5 Å². The molecule has 0 atom stereocenters. The number of para-hydroxylation sites is 1. The van der Waals surface area contributed by atoms with E-state index in [2.05, 4.69) is 18.2 Å². The average Bonchev–Trinajstić information content (AvgIpc) is 2.94. The third kappa shape index (κ3) is 2.86. The Labute approximate surface area is 120 Å². The van der Waals surface area contributed by atoms with Gasteiger partial charge in [0.2, 0.25) is 0 Å². The summed E-state index contributed by atoms with van der Waals surface area (Å²) in [6.07, 6.45) is 4.33. The van der Waals surface area contributed by atoms with Crippen molar-refractivity contribution in [3.05, 3.63) is 64.7 Å².